The van der Waals surface area contributed by atoms with Crippen molar-refractivity contribution in [3.05, 3.63) is 58.4 Å². The fourth-order valence-electron chi connectivity index (χ4n) is 5.32. The number of fused-ring (bicyclic) bond motifs is 2. The fraction of sp³-hybridized carbons (Fsp3) is 0.538. The van der Waals surface area contributed by atoms with Crippen LogP contribution in [-0.4, -0.2) is 53.0 Å². The van der Waals surface area contributed by atoms with Gasteiger partial charge in [-0.1, -0.05) is 25.5 Å². The number of benzene rings is 1. The zero-order valence-electron chi connectivity index (χ0n) is 19.5. The number of methoxy groups -OCH3 is 1. The summed E-state index contributed by atoms with van der Waals surface area (Å²) >= 11 is 0. The Balaban J connectivity index is 1.43. The van der Waals surface area contributed by atoms with Crippen molar-refractivity contribution in [2.24, 2.45) is 0 Å². The molecule has 0 spiro atoms. The lowest BCUT2D eigenvalue weighted by atomic mass is 9.96. The molecule has 0 radical (unpaired) electrons. The molecule has 3 heterocycles. The molecule has 1 amide bonds. The second-order valence-electron chi connectivity index (χ2n) is 9.14. The topological polar surface area (TPSA) is 45.7 Å². The molecule has 0 N–H and O–H groups in total. The van der Waals surface area contributed by atoms with Gasteiger partial charge >= 0.3 is 0 Å². The van der Waals surface area contributed by atoms with E-state index in [1.807, 2.05) is 17.2 Å². The molecule has 2 aliphatic rings. The number of pyridine rings is 1. The minimum Gasteiger partial charge on any atom is -0.496 e. The van der Waals surface area contributed by atoms with Gasteiger partial charge in [-0.15, -0.1) is 0 Å². The maximum Gasteiger partial charge on any atom is 0.272 e. The summed E-state index contributed by atoms with van der Waals surface area (Å²) in [5, 5.41) is 0. The molecule has 4 rings (SSSR count). The van der Waals surface area contributed by atoms with Crippen LogP contribution in [0.4, 0.5) is 0 Å². The molecule has 5 heteroatoms. The van der Waals surface area contributed by atoms with E-state index in [1.165, 1.54) is 28.7 Å². The standard InChI is InChI=1S/C26H35N3O2/c1-6-7-8-20-9-11-24(27-14-20)26(30)29-16-21-13-22(29)15-28(21)19(4)23-10-12-25(31-5)18(3)17(23)2/h9-12,14,19,21-22H,6-8,13,15-16H2,1-5H3/t19-,21+,22+/m0/s1. The zero-order valence-corrected chi connectivity index (χ0v) is 19.5. The number of unbranched alkanes of at least 4 members (excludes halogenated alkanes) is 1. The van der Waals surface area contributed by atoms with Crippen LogP contribution in [0.15, 0.2) is 30.5 Å². The molecular weight excluding hydrogens is 386 g/mol. The Labute approximate surface area is 186 Å². The number of likely N-dealkylation sites (tertiary alicyclic amines) is 2. The van der Waals surface area contributed by atoms with E-state index in [4.69, 9.17) is 4.74 Å². The lowest BCUT2D eigenvalue weighted by molar-refractivity contribution is 0.0563. The van der Waals surface area contributed by atoms with Crippen molar-refractivity contribution in [1.29, 1.82) is 0 Å². The summed E-state index contributed by atoms with van der Waals surface area (Å²) in [7, 11) is 1.73. The number of carbonyl (C=O) groups is 1. The third-order valence-electron chi connectivity index (χ3n) is 7.35. The number of carbonyl (C=O) groups excluding carboxylic acids is 1. The Bertz CT molecular complexity index is 940. The number of aryl methyl sites for hydroxylation is 1. The molecule has 2 bridgehead atoms. The Hall–Kier alpha value is -2.40. The van der Waals surface area contributed by atoms with E-state index in [2.05, 4.69) is 55.8 Å². The Morgan fingerprint density at radius 3 is 2.58 bits per heavy atom. The molecule has 166 valence electrons. The lowest BCUT2D eigenvalue weighted by Crippen LogP contribution is -2.49. The van der Waals surface area contributed by atoms with Gasteiger partial charge < -0.3 is 9.64 Å². The van der Waals surface area contributed by atoms with Gasteiger partial charge in [0.2, 0.25) is 0 Å². The van der Waals surface area contributed by atoms with Crippen molar-refractivity contribution in [2.45, 2.75) is 71.5 Å². The third kappa shape index (κ3) is 4.08. The Morgan fingerprint density at radius 1 is 1.16 bits per heavy atom. The van der Waals surface area contributed by atoms with Crippen LogP contribution in [0.5, 0.6) is 5.75 Å². The number of hydrogen-bond acceptors (Lipinski definition) is 4. The molecule has 0 aliphatic carbocycles. The van der Waals surface area contributed by atoms with Gasteiger partial charge in [0.25, 0.3) is 5.91 Å². The second kappa shape index (κ2) is 8.99. The molecule has 0 unspecified atom stereocenters. The lowest BCUT2D eigenvalue weighted by Gasteiger charge is -2.38. The molecule has 5 nitrogen and oxygen atoms in total. The first-order valence-electron chi connectivity index (χ1n) is 11.6. The van der Waals surface area contributed by atoms with Crippen molar-refractivity contribution < 1.29 is 9.53 Å². The van der Waals surface area contributed by atoms with E-state index >= 15 is 0 Å². The Morgan fingerprint density at radius 2 is 1.97 bits per heavy atom. The smallest absolute Gasteiger partial charge is 0.272 e. The predicted octanol–water partition coefficient (Wildman–Crippen LogP) is 4.71. The van der Waals surface area contributed by atoms with Crippen LogP contribution in [0.3, 0.4) is 0 Å². The molecule has 2 aromatic rings. The van der Waals surface area contributed by atoms with Crippen molar-refractivity contribution in [2.75, 3.05) is 20.2 Å². The summed E-state index contributed by atoms with van der Waals surface area (Å²) in [6, 6.07) is 9.26. The van der Waals surface area contributed by atoms with E-state index in [1.54, 1.807) is 7.11 Å². The fourth-order valence-corrected chi connectivity index (χ4v) is 5.32. The van der Waals surface area contributed by atoms with Gasteiger partial charge in [-0.05, 0) is 74.4 Å². The number of ether oxygens (including phenoxy) is 1. The maximum absolute atomic E-state index is 13.1. The van der Waals surface area contributed by atoms with Crippen molar-refractivity contribution >= 4 is 5.91 Å². The van der Waals surface area contributed by atoms with Gasteiger partial charge in [0, 0.05) is 37.4 Å². The van der Waals surface area contributed by atoms with Gasteiger partial charge in [-0.25, -0.2) is 0 Å². The highest BCUT2D eigenvalue weighted by atomic mass is 16.5. The summed E-state index contributed by atoms with van der Waals surface area (Å²) in [6.45, 7) is 10.5. The highest BCUT2D eigenvalue weighted by Gasteiger charge is 2.47. The molecule has 1 aromatic heterocycles. The van der Waals surface area contributed by atoms with Crippen LogP contribution in [0.25, 0.3) is 0 Å². The monoisotopic (exact) mass is 421 g/mol. The molecule has 2 aliphatic heterocycles. The highest BCUT2D eigenvalue weighted by Crippen LogP contribution is 2.39. The van der Waals surface area contributed by atoms with Crippen LogP contribution < -0.4 is 4.74 Å². The molecule has 1 aromatic carbocycles. The van der Waals surface area contributed by atoms with E-state index in [-0.39, 0.29) is 11.9 Å². The van der Waals surface area contributed by atoms with Crippen LogP contribution in [0.2, 0.25) is 0 Å². The van der Waals surface area contributed by atoms with Crippen LogP contribution in [0.1, 0.15) is 71.9 Å². The number of nitrogens with zero attached hydrogens (tertiary/aromatic N) is 3. The number of hydrogen-bond donors (Lipinski definition) is 0. The number of aromatic nitrogens is 1. The molecule has 2 saturated heterocycles. The maximum atomic E-state index is 13.1. The van der Waals surface area contributed by atoms with E-state index in [0.29, 0.717) is 17.8 Å². The van der Waals surface area contributed by atoms with Gasteiger partial charge in [0.05, 0.1) is 7.11 Å². The zero-order chi connectivity index (χ0) is 22.1. The van der Waals surface area contributed by atoms with Gasteiger partial charge in [-0.3, -0.25) is 14.7 Å². The highest BCUT2D eigenvalue weighted by molar-refractivity contribution is 5.93. The SMILES string of the molecule is CCCCc1ccc(C(=O)N2C[C@H]3C[C@@H]2CN3[C@@H](C)c2ccc(OC)c(C)c2C)nc1. The van der Waals surface area contributed by atoms with Gasteiger partial charge in [0.1, 0.15) is 11.4 Å². The average molecular weight is 422 g/mol. The molecule has 2 fully saturated rings. The summed E-state index contributed by atoms with van der Waals surface area (Å²) in [6.07, 6.45) is 6.29. The minimum atomic E-state index is 0.0818. The first-order chi connectivity index (χ1) is 14.9. The summed E-state index contributed by atoms with van der Waals surface area (Å²) in [5.41, 5.74) is 5.66. The molecule has 0 saturated carbocycles. The normalized spacial score (nSPS) is 21.5. The largest absolute Gasteiger partial charge is 0.496 e. The van der Waals surface area contributed by atoms with Crippen LogP contribution in [-0.2, 0) is 6.42 Å². The van der Waals surface area contributed by atoms with E-state index in [9.17, 15) is 4.79 Å². The Kier molecular flexibility index (Phi) is 6.33. The molecule has 31 heavy (non-hydrogen) atoms. The molecular formula is C26H35N3O2. The van der Waals surface area contributed by atoms with Crippen molar-refractivity contribution in [3.63, 3.8) is 0 Å². The van der Waals surface area contributed by atoms with Crippen LogP contribution in [0, 0.1) is 13.8 Å². The number of piperazine rings is 1. The first-order valence-corrected chi connectivity index (χ1v) is 11.6. The van der Waals surface area contributed by atoms with E-state index in [0.717, 1.165) is 38.1 Å². The summed E-state index contributed by atoms with van der Waals surface area (Å²) in [4.78, 5) is 22.2. The summed E-state index contributed by atoms with van der Waals surface area (Å²) < 4.78 is 5.48. The van der Waals surface area contributed by atoms with Crippen molar-refractivity contribution in [1.82, 2.24) is 14.8 Å². The minimum absolute atomic E-state index is 0.0818. The number of rotatable bonds is 7. The van der Waals surface area contributed by atoms with Gasteiger partial charge in [-0.2, -0.15) is 0 Å². The third-order valence-corrected chi connectivity index (χ3v) is 7.35. The first kappa shape index (κ1) is 21.8. The van der Waals surface area contributed by atoms with Gasteiger partial charge in [0.15, 0.2) is 0 Å². The van der Waals surface area contributed by atoms with Crippen LogP contribution >= 0.6 is 0 Å². The average Bonchev–Trinajstić information content (AvgIpc) is 3.40. The molecule has 3 atom stereocenters. The summed E-state index contributed by atoms with van der Waals surface area (Å²) in [5.74, 6) is 1.03. The number of amides is 1. The van der Waals surface area contributed by atoms with Crippen molar-refractivity contribution in [3.8, 4) is 5.75 Å². The quantitative estimate of drug-likeness (QED) is 0.650. The van der Waals surface area contributed by atoms with E-state index < -0.39 is 0 Å². The second-order valence-corrected chi connectivity index (χ2v) is 9.14. The predicted molar refractivity (Wildman–Crippen MR) is 124 cm³/mol.